The number of methoxy groups -OCH3 is 1. The molecule has 2 aromatic carbocycles. The van der Waals surface area contributed by atoms with Crippen molar-refractivity contribution in [1.29, 1.82) is 0 Å². The smallest absolute Gasteiger partial charge is 0.346 e. The van der Waals surface area contributed by atoms with Crippen LogP contribution in [0.25, 0.3) is 0 Å². The van der Waals surface area contributed by atoms with Gasteiger partial charge in [-0.2, -0.15) is 0 Å². The molecule has 0 aromatic heterocycles. The lowest BCUT2D eigenvalue weighted by Crippen LogP contribution is -2.25. The van der Waals surface area contributed by atoms with Crippen LogP contribution >= 0.6 is 0 Å². The summed E-state index contributed by atoms with van der Waals surface area (Å²) >= 11 is 0. The molecule has 0 heterocycles. The van der Waals surface area contributed by atoms with Crippen molar-refractivity contribution in [3.63, 3.8) is 0 Å². The molecule has 0 fully saturated rings. The van der Waals surface area contributed by atoms with Crippen molar-refractivity contribution in [1.82, 2.24) is 0 Å². The summed E-state index contributed by atoms with van der Waals surface area (Å²) in [5.74, 6) is -2.19. The fraction of sp³-hybridized carbons (Fsp3) is 0.222. The van der Waals surface area contributed by atoms with Crippen LogP contribution in [0.2, 0.25) is 0 Å². The molecule has 144 valence electrons. The molecule has 0 aliphatic rings. The zero-order valence-electron chi connectivity index (χ0n) is 14.9. The number of rotatable bonds is 6. The summed E-state index contributed by atoms with van der Waals surface area (Å²) in [4.78, 5) is 23.2. The third-order valence-electron chi connectivity index (χ3n) is 3.62. The van der Waals surface area contributed by atoms with Gasteiger partial charge in [-0.05, 0) is 49.7 Å². The monoisotopic (exact) mass is 395 g/mol. The van der Waals surface area contributed by atoms with Crippen LogP contribution in [-0.2, 0) is 24.3 Å². The van der Waals surface area contributed by atoms with Crippen LogP contribution in [-0.4, -0.2) is 33.6 Å². The third-order valence-corrected chi connectivity index (χ3v) is 5.00. The van der Waals surface area contributed by atoms with E-state index in [1.165, 1.54) is 50.2 Å². The summed E-state index contributed by atoms with van der Waals surface area (Å²) in [6, 6.07) is 9.04. The number of sulfonamides is 1. The number of aryl methyl sites for hydroxylation is 1. The summed E-state index contributed by atoms with van der Waals surface area (Å²) in [6.07, 6.45) is -1.11. The van der Waals surface area contributed by atoms with E-state index in [1.54, 1.807) is 0 Å². The number of hydrogen-bond acceptors (Lipinski definition) is 6. The highest BCUT2D eigenvalue weighted by Gasteiger charge is 2.20. The van der Waals surface area contributed by atoms with Gasteiger partial charge in [0.2, 0.25) is 0 Å². The van der Waals surface area contributed by atoms with Gasteiger partial charge in [0.05, 0.1) is 17.6 Å². The fourth-order valence-corrected chi connectivity index (χ4v) is 3.17. The Hall–Kier alpha value is -2.94. The van der Waals surface area contributed by atoms with Gasteiger partial charge >= 0.3 is 11.9 Å². The highest BCUT2D eigenvalue weighted by Crippen LogP contribution is 2.20. The van der Waals surface area contributed by atoms with E-state index in [-0.39, 0.29) is 16.1 Å². The van der Waals surface area contributed by atoms with E-state index in [4.69, 9.17) is 4.74 Å². The number of halogens is 1. The lowest BCUT2D eigenvalue weighted by Gasteiger charge is -2.12. The summed E-state index contributed by atoms with van der Waals surface area (Å²) < 4.78 is 50.1. The Morgan fingerprint density at radius 3 is 2.48 bits per heavy atom. The van der Waals surface area contributed by atoms with E-state index in [9.17, 15) is 22.4 Å². The van der Waals surface area contributed by atoms with Crippen LogP contribution in [0.1, 0.15) is 22.8 Å². The van der Waals surface area contributed by atoms with Gasteiger partial charge in [0, 0.05) is 5.69 Å². The van der Waals surface area contributed by atoms with Crippen molar-refractivity contribution < 1.29 is 31.9 Å². The molecule has 0 saturated carbocycles. The zero-order valence-corrected chi connectivity index (χ0v) is 15.7. The minimum absolute atomic E-state index is 0.0287. The summed E-state index contributed by atoms with van der Waals surface area (Å²) in [5, 5.41) is 0. The predicted octanol–water partition coefficient (Wildman–Crippen LogP) is 2.65. The molecule has 0 amide bonds. The summed E-state index contributed by atoms with van der Waals surface area (Å²) in [5.41, 5.74) is 0.426. The number of benzene rings is 2. The molecule has 2 aromatic rings. The first kappa shape index (κ1) is 20.4. The van der Waals surface area contributed by atoms with Gasteiger partial charge in [0.1, 0.15) is 5.82 Å². The van der Waals surface area contributed by atoms with Gasteiger partial charge in [-0.25, -0.2) is 22.4 Å². The van der Waals surface area contributed by atoms with E-state index in [0.717, 1.165) is 13.2 Å². The standard InChI is InChI=1S/C18H18FNO6S/c1-11-7-8-15(10-16(11)19)27(23,24)20-14-6-4-5-13(9-14)18(22)26-12(2)17(21)25-3/h4-10,12,20H,1-3H3/t12-/m0/s1. The number of esters is 2. The number of carbonyl (C=O) groups is 2. The Balaban J connectivity index is 2.20. The lowest BCUT2D eigenvalue weighted by atomic mass is 10.2. The van der Waals surface area contributed by atoms with Crippen LogP contribution in [0.15, 0.2) is 47.4 Å². The maximum Gasteiger partial charge on any atom is 0.346 e. The van der Waals surface area contributed by atoms with Gasteiger partial charge in [-0.1, -0.05) is 12.1 Å². The first-order valence-corrected chi connectivity index (χ1v) is 9.30. The van der Waals surface area contributed by atoms with Gasteiger partial charge < -0.3 is 9.47 Å². The van der Waals surface area contributed by atoms with E-state index in [1.807, 2.05) is 0 Å². The lowest BCUT2D eigenvalue weighted by molar-refractivity contribution is -0.149. The average molecular weight is 395 g/mol. The molecule has 27 heavy (non-hydrogen) atoms. The van der Waals surface area contributed by atoms with E-state index >= 15 is 0 Å². The Bertz CT molecular complexity index is 974. The molecule has 9 heteroatoms. The van der Waals surface area contributed by atoms with Crippen molar-refractivity contribution in [3.8, 4) is 0 Å². The molecule has 1 N–H and O–H groups in total. The first-order valence-electron chi connectivity index (χ1n) is 7.82. The van der Waals surface area contributed by atoms with Crippen LogP contribution in [0, 0.1) is 12.7 Å². The molecule has 0 unspecified atom stereocenters. The molecule has 0 aliphatic heterocycles. The highest BCUT2D eigenvalue weighted by atomic mass is 32.2. The van der Waals surface area contributed by atoms with Crippen molar-refractivity contribution in [2.45, 2.75) is 24.8 Å². The van der Waals surface area contributed by atoms with Crippen molar-refractivity contribution in [2.24, 2.45) is 0 Å². The molecule has 0 bridgehead atoms. The quantitative estimate of drug-likeness (QED) is 0.755. The van der Waals surface area contributed by atoms with Gasteiger partial charge in [0.25, 0.3) is 10.0 Å². The largest absolute Gasteiger partial charge is 0.466 e. The Kier molecular flexibility index (Phi) is 6.17. The minimum Gasteiger partial charge on any atom is -0.466 e. The number of carbonyl (C=O) groups excluding carboxylic acids is 2. The molecular formula is C18H18FNO6S. The number of hydrogen-bond donors (Lipinski definition) is 1. The van der Waals surface area contributed by atoms with E-state index in [2.05, 4.69) is 9.46 Å². The Morgan fingerprint density at radius 2 is 1.85 bits per heavy atom. The Morgan fingerprint density at radius 1 is 1.15 bits per heavy atom. The molecule has 1 atom stereocenters. The molecule has 0 radical (unpaired) electrons. The van der Waals surface area contributed by atoms with Crippen molar-refractivity contribution in [3.05, 3.63) is 59.4 Å². The third kappa shape index (κ3) is 5.04. The number of anilines is 1. The van der Waals surface area contributed by atoms with Crippen LogP contribution < -0.4 is 4.72 Å². The first-order chi connectivity index (χ1) is 12.6. The highest BCUT2D eigenvalue weighted by molar-refractivity contribution is 7.92. The van der Waals surface area contributed by atoms with E-state index in [0.29, 0.717) is 5.56 Å². The zero-order chi connectivity index (χ0) is 20.2. The average Bonchev–Trinajstić information content (AvgIpc) is 2.62. The van der Waals surface area contributed by atoms with Gasteiger partial charge in [-0.15, -0.1) is 0 Å². The van der Waals surface area contributed by atoms with E-state index < -0.39 is 33.9 Å². The summed E-state index contributed by atoms with van der Waals surface area (Å²) in [7, 11) is -2.89. The van der Waals surface area contributed by atoms with Gasteiger partial charge in [0.15, 0.2) is 6.10 Å². The van der Waals surface area contributed by atoms with Gasteiger partial charge in [-0.3, -0.25) is 4.72 Å². The maximum atomic E-state index is 13.6. The molecule has 0 saturated heterocycles. The van der Waals surface area contributed by atoms with Crippen LogP contribution in [0.3, 0.4) is 0 Å². The SMILES string of the molecule is COC(=O)[C@H](C)OC(=O)c1cccc(NS(=O)(=O)c2ccc(C)c(F)c2)c1. The summed E-state index contributed by atoms with van der Waals surface area (Å²) in [6.45, 7) is 2.87. The van der Waals surface area contributed by atoms with Crippen LogP contribution in [0.4, 0.5) is 10.1 Å². The van der Waals surface area contributed by atoms with Crippen molar-refractivity contribution >= 4 is 27.6 Å². The fourth-order valence-electron chi connectivity index (χ4n) is 2.11. The minimum atomic E-state index is -4.05. The second-order valence-corrected chi connectivity index (χ2v) is 7.35. The molecule has 7 nitrogen and oxygen atoms in total. The molecular weight excluding hydrogens is 377 g/mol. The maximum absolute atomic E-state index is 13.6. The second-order valence-electron chi connectivity index (χ2n) is 5.67. The molecule has 0 spiro atoms. The van der Waals surface area contributed by atoms with Crippen LogP contribution in [0.5, 0.6) is 0 Å². The molecule has 0 aliphatic carbocycles. The normalized spacial score (nSPS) is 12.1. The number of ether oxygens (including phenoxy) is 2. The van der Waals surface area contributed by atoms with Crippen molar-refractivity contribution in [2.75, 3.05) is 11.8 Å². The topological polar surface area (TPSA) is 98.8 Å². The molecule has 2 rings (SSSR count). The number of nitrogens with one attached hydrogen (secondary N) is 1. The second kappa shape index (κ2) is 8.17. The predicted molar refractivity (Wildman–Crippen MR) is 95.3 cm³/mol. The Labute approximate surface area is 156 Å².